The topological polar surface area (TPSA) is 48.0 Å². The van der Waals surface area contributed by atoms with Crippen molar-refractivity contribution in [1.82, 2.24) is 4.90 Å². The number of para-hydroxylation sites is 2. The van der Waals surface area contributed by atoms with Gasteiger partial charge < -0.3 is 19.1 Å². The molecule has 156 valence electrons. The van der Waals surface area contributed by atoms with Gasteiger partial charge in [0, 0.05) is 13.1 Å². The Labute approximate surface area is 173 Å². The van der Waals surface area contributed by atoms with Crippen LogP contribution >= 0.6 is 0 Å². The summed E-state index contributed by atoms with van der Waals surface area (Å²) in [6.45, 7) is 2.07. The fraction of sp³-hybridized carbons (Fsp3) is 0.458. The van der Waals surface area contributed by atoms with Crippen molar-refractivity contribution >= 4 is 5.91 Å². The van der Waals surface area contributed by atoms with E-state index in [1.165, 1.54) is 12.0 Å². The van der Waals surface area contributed by atoms with Crippen LogP contribution in [0.2, 0.25) is 0 Å². The average molecular weight is 398 g/mol. The van der Waals surface area contributed by atoms with E-state index in [0.29, 0.717) is 30.4 Å². The van der Waals surface area contributed by atoms with Gasteiger partial charge in [0.15, 0.2) is 11.5 Å². The third kappa shape index (κ3) is 6.14. The zero-order valence-electron chi connectivity index (χ0n) is 17.4. The van der Waals surface area contributed by atoms with Crippen molar-refractivity contribution in [2.24, 2.45) is 5.92 Å². The lowest BCUT2D eigenvalue weighted by atomic mass is 9.90. The zero-order valence-corrected chi connectivity index (χ0v) is 17.4. The van der Waals surface area contributed by atoms with Crippen LogP contribution in [0.1, 0.15) is 31.2 Å². The predicted molar refractivity (Wildman–Crippen MR) is 114 cm³/mol. The molecule has 1 aliphatic rings. The van der Waals surface area contributed by atoms with Crippen LogP contribution in [0, 0.1) is 5.92 Å². The van der Waals surface area contributed by atoms with Crippen LogP contribution < -0.4 is 14.2 Å². The fourth-order valence-corrected chi connectivity index (χ4v) is 3.78. The first kappa shape index (κ1) is 21.0. The van der Waals surface area contributed by atoms with E-state index >= 15 is 0 Å². The average Bonchev–Trinajstić information content (AvgIpc) is 2.78. The fourth-order valence-electron chi connectivity index (χ4n) is 3.78. The minimum atomic E-state index is 0.175. The van der Waals surface area contributed by atoms with E-state index in [1.54, 1.807) is 14.2 Å². The van der Waals surface area contributed by atoms with Gasteiger partial charge in [0.1, 0.15) is 5.75 Å². The van der Waals surface area contributed by atoms with Crippen molar-refractivity contribution in [2.75, 3.05) is 33.9 Å². The molecule has 1 aliphatic heterocycles. The van der Waals surface area contributed by atoms with E-state index in [0.717, 1.165) is 38.1 Å². The van der Waals surface area contributed by atoms with Gasteiger partial charge in [-0.25, -0.2) is 0 Å². The molecule has 1 fully saturated rings. The minimum Gasteiger partial charge on any atom is -0.497 e. The molecule has 0 aliphatic carbocycles. The molecule has 0 saturated carbocycles. The lowest BCUT2D eigenvalue weighted by Crippen LogP contribution is -2.39. The Balaban J connectivity index is 1.35. The van der Waals surface area contributed by atoms with Crippen LogP contribution in [-0.2, 0) is 11.2 Å². The number of carbonyl (C=O) groups is 1. The molecule has 1 amide bonds. The number of methoxy groups -OCH3 is 2. The molecule has 5 heteroatoms. The monoisotopic (exact) mass is 397 g/mol. The third-order valence-electron chi connectivity index (χ3n) is 5.61. The minimum absolute atomic E-state index is 0.175. The van der Waals surface area contributed by atoms with Gasteiger partial charge in [-0.05, 0) is 61.4 Å². The number of likely N-dealkylation sites (tertiary alicyclic amines) is 1. The summed E-state index contributed by atoms with van der Waals surface area (Å²) in [7, 11) is 3.31. The number of carbonyl (C=O) groups excluding carboxylic acids is 1. The maximum atomic E-state index is 12.5. The second kappa shape index (κ2) is 10.7. The Hall–Kier alpha value is -2.69. The molecule has 0 spiro atoms. The number of hydrogen-bond donors (Lipinski definition) is 0. The van der Waals surface area contributed by atoms with E-state index in [1.807, 2.05) is 41.3 Å². The van der Waals surface area contributed by atoms with Gasteiger partial charge in [0.2, 0.25) is 5.91 Å². The van der Waals surface area contributed by atoms with Crippen LogP contribution in [0.4, 0.5) is 0 Å². The van der Waals surface area contributed by atoms with Crippen molar-refractivity contribution < 1.29 is 19.0 Å². The summed E-state index contributed by atoms with van der Waals surface area (Å²) in [6.07, 6.45) is 4.81. The second-order valence-electron chi connectivity index (χ2n) is 7.46. The lowest BCUT2D eigenvalue weighted by Gasteiger charge is -2.32. The van der Waals surface area contributed by atoms with Crippen molar-refractivity contribution in [2.45, 2.75) is 32.1 Å². The number of piperidine rings is 1. The molecule has 1 saturated heterocycles. The van der Waals surface area contributed by atoms with Gasteiger partial charge in [-0.2, -0.15) is 0 Å². The quantitative estimate of drug-likeness (QED) is 0.631. The Morgan fingerprint density at radius 1 is 0.966 bits per heavy atom. The first-order chi connectivity index (χ1) is 14.2. The lowest BCUT2D eigenvalue weighted by molar-refractivity contribution is -0.133. The van der Waals surface area contributed by atoms with Crippen molar-refractivity contribution in [3.05, 3.63) is 54.1 Å². The summed E-state index contributed by atoms with van der Waals surface area (Å²) in [6, 6.07) is 15.8. The highest BCUT2D eigenvalue weighted by Gasteiger charge is 2.22. The Bertz CT molecular complexity index is 767. The summed E-state index contributed by atoms with van der Waals surface area (Å²) in [5.41, 5.74) is 1.35. The number of ether oxygens (including phenoxy) is 3. The highest BCUT2D eigenvalue weighted by molar-refractivity contribution is 5.76. The van der Waals surface area contributed by atoms with Crippen LogP contribution in [0.3, 0.4) is 0 Å². The molecule has 0 radical (unpaired) electrons. The number of benzene rings is 2. The normalized spacial score (nSPS) is 14.5. The molecule has 0 atom stereocenters. The van der Waals surface area contributed by atoms with E-state index in [4.69, 9.17) is 14.2 Å². The summed E-state index contributed by atoms with van der Waals surface area (Å²) < 4.78 is 16.2. The molecule has 0 N–H and O–H groups in total. The van der Waals surface area contributed by atoms with Crippen molar-refractivity contribution in [3.63, 3.8) is 0 Å². The highest BCUT2D eigenvalue weighted by atomic mass is 16.5. The predicted octanol–water partition coefficient (Wildman–Crippen LogP) is 4.34. The SMILES string of the molecule is COc1ccc(CCC2CCN(C(=O)CCOc3ccccc3OC)CC2)cc1. The Kier molecular flexibility index (Phi) is 7.79. The molecule has 2 aromatic carbocycles. The van der Waals surface area contributed by atoms with Gasteiger partial charge in [-0.3, -0.25) is 4.79 Å². The summed E-state index contributed by atoms with van der Waals surface area (Å²) in [5.74, 6) is 3.13. The molecular weight excluding hydrogens is 366 g/mol. The summed E-state index contributed by atoms with van der Waals surface area (Å²) in [5, 5.41) is 0. The molecule has 0 bridgehead atoms. The van der Waals surface area contributed by atoms with Crippen LogP contribution in [0.15, 0.2) is 48.5 Å². The molecule has 3 rings (SSSR count). The van der Waals surface area contributed by atoms with Gasteiger partial charge in [-0.1, -0.05) is 24.3 Å². The molecule has 0 unspecified atom stereocenters. The van der Waals surface area contributed by atoms with Crippen LogP contribution in [0.5, 0.6) is 17.2 Å². The maximum absolute atomic E-state index is 12.5. The van der Waals surface area contributed by atoms with E-state index in [-0.39, 0.29) is 5.91 Å². The maximum Gasteiger partial charge on any atom is 0.225 e. The van der Waals surface area contributed by atoms with Gasteiger partial charge in [-0.15, -0.1) is 0 Å². The molecule has 0 aromatic heterocycles. The number of amides is 1. The van der Waals surface area contributed by atoms with Gasteiger partial charge >= 0.3 is 0 Å². The largest absolute Gasteiger partial charge is 0.497 e. The number of rotatable bonds is 9. The van der Waals surface area contributed by atoms with E-state index in [9.17, 15) is 4.79 Å². The molecule has 29 heavy (non-hydrogen) atoms. The standard InChI is InChI=1S/C24H31NO4/c1-27-21-11-9-19(10-12-21)7-8-20-13-16-25(17-14-20)24(26)15-18-29-23-6-4-3-5-22(23)28-2/h3-6,9-12,20H,7-8,13-18H2,1-2H3. The Morgan fingerprint density at radius 3 is 2.31 bits per heavy atom. The third-order valence-corrected chi connectivity index (χ3v) is 5.61. The van der Waals surface area contributed by atoms with Crippen molar-refractivity contribution in [1.29, 1.82) is 0 Å². The number of aryl methyl sites for hydroxylation is 1. The summed E-state index contributed by atoms with van der Waals surface area (Å²) >= 11 is 0. The first-order valence-electron chi connectivity index (χ1n) is 10.4. The first-order valence-corrected chi connectivity index (χ1v) is 10.4. The van der Waals surface area contributed by atoms with Gasteiger partial charge in [0.25, 0.3) is 0 Å². The molecular formula is C24H31NO4. The van der Waals surface area contributed by atoms with Crippen LogP contribution in [-0.4, -0.2) is 44.7 Å². The van der Waals surface area contributed by atoms with Crippen LogP contribution in [0.25, 0.3) is 0 Å². The summed E-state index contributed by atoms with van der Waals surface area (Å²) in [4.78, 5) is 14.5. The van der Waals surface area contributed by atoms with E-state index < -0.39 is 0 Å². The number of hydrogen-bond acceptors (Lipinski definition) is 4. The van der Waals surface area contributed by atoms with Crippen molar-refractivity contribution in [3.8, 4) is 17.2 Å². The van der Waals surface area contributed by atoms with Gasteiger partial charge in [0.05, 0.1) is 27.2 Å². The molecule has 5 nitrogen and oxygen atoms in total. The Morgan fingerprint density at radius 2 is 1.66 bits per heavy atom. The van der Waals surface area contributed by atoms with E-state index in [2.05, 4.69) is 12.1 Å². The number of nitrogens with zero attached hydrogens (tertiary/aromatic N) is 1. The highest BCUT2D eigenvalue weighted by Crippen LogP contribution is 2.26. The second-order valence-corrected chi connectivity index (χ2v) is 7.46. The smallest absolute Gasteiger partial charge is 0.225 e. The molecule has 1 heterocycles. The zero-order chi connectivity index (χ0) is 20.5. The molecule has 2 aromatic rings.